The summed E-state index contributed by atoms with van der Waals surface area (Å²) in [6.07, 6.45) is 0. The Morgan fingerprint density at radius 3 is 2.47 bits per heavy atom. The molecule has 0 aromatic heterocycles. The summed E-state index contributed by atoms with van der Waals surface area (Å²) in [5.74, 6) is -0.967. The predicted octanol–water partition coefficient (Wildman–Crippen LogP) is 3.06. The van der Waals surface area contributed by atoms with Crippen molar-refractivity contribution in [2.45, 2.75) is 12.8 Å². The van der Waals surface area contributed by atoms with Gasteiger partial charge in [-0.2, -0.15) is 0 Å². The van der Waals surface area contributed by atoms with Crippen LogP contribution in [0.2, 0.25) is 0 Å². The van der Waals surface area contributed by atoms with Crippen molar-refractivity contribution in [1.82, 2.24) is 0 Å². The minimum atomic E-state index is -0.428. The van der Waals surface area contributed by atoms with Crippen molar-refractivity contribution >= 4 is 5.78 Å². The van der Waals surface area contributed by atoms with E-state index in [2.05, 4.69) is 0 Å². The van der Waals surface area contributed by atoms with E-state index in [0.717, 1.165) is 11.1 Å². The van der Waals surface area contributed by atoms with Crippen LogP contribution in [0.3, 0.4) is 0 Å². The number of halogens is 1. The maximum absolute atomic E-state index is 13.4. The molecule has 0 saturated carbocycles. The SMILES string of the molecule is Cc1cc(F)cc(C(=O)C(CN)c2ccccc2)c1. The fraction of sp³-hybridized carbons (Fsp3) is 0.188. The van der Waals surface area contributed by atoms with Crippen molar-refractivity contribution in [3.8, 4) is 0 Å². The number of carbonyl (C=O) groups is 1. The third kappa shape index (κ3) is 3.06. The number of carbonyl (C=O) groups excluding carboxylic acids is 1. The normalized spacial score (nSPS) is 12.2. The van der Waals surface area contributed by atoms with E-state index >= 15 is 0 Å². The molecule has 0 radical (unpaired) electrons. The molecule has 2 aromatic carbocycles. The van der Waals surface area contributed by atoms with E-state index in [0.29, 0.717) is 5.56 Å². The zero-order valence-electron chi connectivity index (χ0n) is 10.8. The number of hydrogen-bond donors (Lipinski definition) is 1. The number of Topliss-reactive ketones (excluding diaryl/α,β-unsaturated/α-hetero) is 1. The molecule has 98 valence electrons. The number of aryl methyl sites for hydroxylation is 1. The second kappa shape index (κ2) is 5.76. The summed E-state index contributed by atoms with van der Waals surface area (Å²) in [5, 5.41) is 0. The van der Waals surface area contributed by atoms with Crippen molar-refractivity contribution in [3.63, 3.8) is 0 Å². The maximum Gasteiger partial charge on any atom is 0.171 e. The lowest BCUT2D eigenvalue weighted by atomic mass is 9.90. The van der Waals surface area contributed by atoms with Gasteiger partial charge in [0.2, 0.25) is 0 Å². The summed E-state index contributed by atoms with van der Waals surface area (Å²) in [6.45, 7) is 1.97. The first-order valence-electron chi connectivity index (χ1n) is 6.18. The molecule has 0 bridgehead atoms. The molecule has 0 spiro atoms. The van der Waals surface area contributed by atoms with Crippen molar-refractivity contribution < 1.29 is 9.18 Å². The molecule has 0 aliphatic heterocycles. The van der Waals surface area contributed by atoms with E-state index < -0.39 is 11.7 Å². The van der Waals surface area contributed by atoms with Gasteiger partial charge in [-0.1, -0.05) is 30.3 Å². The number of rotatable bonds is 4. The summed E-state index contributed by atoms with van der Waals surface area (Å²) >= 11 is 0. The van der Waals surface area contributed by atoms with Gasteiger partial charge in [0, 0.05) is 12.1 Å². The fourth-order valence-electron chi connectivity index (χ4n) is 2.16. The predicted molar refractivity (Wildman–Crippen MR) is 73.7 cm³/mol. The first kappa shape index (κ1) is 13.4. The third-order valence-corrected chi connectivity index (χ3v) is 3.08. The van der Waals surface area contributed by atoms with Crippen LogP contribution in [0, 0.1) is 12.7 Å². The van der Waals surface area contributed by atoms with Crippen LogP contribution in [0.4, 0.5) is 4.39 Å². The van der Waals surface area contributed by atoms with E-state index in [1.54, 1.807) is 13.0 Å². The molecule has 3 heteroatoms. The summed E-state index contributed by atoms with van der Waals surface area (Å²) in [6, 6.07) is 13.7. The molecule has 0 amide bonds. The van der Waals surface area contributed by atoms with Gasteiger partial charge in [0.1, 0.15) is 5.82 Å². The zero-order valence-corrected chi connectivity index (χ0v) is 10.8. The van der Waals surface area contributed by atoms with Crippen LogP contribution in [-0.4, -0.2) is 12.3 Å². The number of benzene rings is 2. The highest BCUT2D eigenvalue weighted by Gasteiger charge is 2.21. The number of hydrogen-bond acceptors (Lipinski definition) is 2. The second-order valence-corrected chi connectivity index (χ2v) is 4.58. The molecule has 2 aromatic rings. The van der Waals surface area contributed by atoms with Crippen LogP contribution >= 0.6 is 0 Å². The van der Waals surface area contributed by atoms with Crippen LogP contribution < -0.4 is 5.73 Å². The van der Waals surface area contributed by atoms with Crippen molar-refractivity contribution in [3.05, 3.63) is 71.0 Å². The Hall–Kier alpha value is -2.00. The van der Waals surface area contributed by atoms with Crippen LogP contribution in [-0.2, 0) is 0 Å². The van der Waals surface area contributed by atoms with Crippen LogP contribution in [0.5, 0.6) is 0 Å². The van der Waals surface area contributed by atoms with E-state index in [1.807, 2.05) is 30.3 Å². The molecular formula is C16H16FNO. The molecule has 0 aliphatic rings. The lowest BCUT2D eigenvalue weighted by molar-refractivity contribution is 0.0962. The molecule has 0 saturated heterocycles. The second-order valence-electron chi connectivity index (χ2n) is 4.58. The summed E-state index contributed by atoms with van der Waals surface area (Å²) < 4.78 is 13.4. The molecule has 2 nitrogen and oxygen atoms in total. The highest BCUT2D eigenvalue weighted by atomic mass is 19.1. The van der Waals surface area contributed by atoms with E-state index in [1.165, 1.54) is 12.1 Å². The molecule has 19 heavy (non-hydrogen) atoms. The minimum absolute atomic E-state index is 0.142. The minimum Gasteiger partial charge on any atom is -0.329 e. The first-order chi connectivity index (χ1) is 9.11. The first-order valence-corrected chi connectivity index (χ1v) is 6.18. The van der Waals surface area contributed by atoms with Gasteiger partial charge in [-0.3, -0.25) is 4.79 Å². The Balaban J connectivity index is 2.36. The average Bonchev–Trinajstić information content (AvgIpc) is 2.39. The molecule has 2 N–H and O–H groups in total. The highest BCUT2D eigenvalue weighted by molar-refractivity contribution is 6.01. The van der Waals surface area contributed by atoms with Crippen molar-refractivity contribution in [2.75, 3.05) is 6.54 Å². The smallest absolute Gasteiger partial charge is 0.171 e. The van der Waals surface area contributed by atoms with Gasteiger partial charge in [-0.15, -0.1) is 0 Å². The summed E-state index contributed by atoms with van der Waals surface area (Å²) in [4.78, 5) is 12.4. The van der Waals surface area contributed by atoms with Gasteiger partial charge in [-0.05, 0) is 36.2 Å². The maximum atomic E-state index is 13.4. The third-order valence-electron chi connectivity index (χ3n) is 3.08. The molecule has 1 atom stereocenters. The van der Waals surface area contributed by atoms with Gasteiger partial charge < -0.3 is 5.73 Å². The largest absolute Gasteiger partial charge is 0.329 e. The topological polar surface area (TPSA) is 43.1 Å². The molecular weight excluding hydrogens is 241 g/mol. The van der Waals surface area contributed by atoms with Crippen molar-refractivity contribution in [1.29, 1.82) is 0 Å². The van der Waals surface area contributed by atoms with E-state index in [-0.39, 0.29) is 12.3 Å². The van der Waals surface area contributed by atoms with Crippen LogP contribution in [0.15, 0.2) is 48.5 Å². The van der Waals surface area contributed by atoms with Gasteiger partial charge in [-0.25, -0.2) is 4.39 Å². The summed E-state index contributed by atoms with van der Waals surface area (Å²) in [5.41, 5.74) is 7.66. The molecule has 0 fully saturated rings. The fourth-order valence-corrected chi connectivity index (χ4v) is 2.16. The lowest BCUT2D eigenvalue weighted by Gasteiger charge is -2.14. The van der Waals surface area contributed by atoms with Crippen LogP contribution in [0.25, 0.3) is 0 Å². The van der Waals surface area contributed by atoms with E-state index in [4.69, 9.17) is 5.73 Å². The van der Waals surface area contributed by atoms with Crippen LogP contribution in [0.1, 0.15) is 27.4 Å². The zero-order chi connectivity index (χ0) is 13.8. The molecule has 0 aliphatic carbocycles. The van der Waals surface area contributed by atoms with Gasteiger partial charge in [0.05, 0.1) is 5.92 Å². The van der Waals surface area contributed by atoms with Gasteiger partial charge in [0.15, 0.2) is 5.78 Å². The molecule has 2 rings (SSSR count). The molecule has 0 heterocycles. The number of ketones is 1. The number of nitrogens with two attached hydrogens (primary N) is 1. The van der Waals surface area contributed by atoms with Crippen molar-refractivity contribution in [2.24, 2.45) is 5.73 Å². The monoisotopic (exact) mass is 257 g/mol. The van der Waals surface area contributed by atoms with Gasteiger partial charge in [0.25, 0.3) is 0 Å². The Morgan fingerprint density at radius 2 is 1.89 bits per heavy atom. The Bertz CT molecular complexity index is 560. The summed E-state index contributed by atoms with van der Waals surface area (Å²) in [7, 11) is 0. The average molecular weight is 257 g/mol. The van der Waals surface area contributed by atoms with Gasteiger partial charge >= 0.3 is 0 Å². The Morgan fingerprint density at radius 1 is 1.21 bits per heavy atom. The Labute approximate surface area is 112 Å². The molecule has 1 unspecified atom stereocenters. The standard InChI is InChI=1S/C16H16FNO/c1-11-7-13(9-14(17)8-11)16(19)15(10-18)12-5-3-2-4-6-12/h2-9,15H,10,18H2,1H3. The highest BCUT2D eigenvalue weighted by Crippen LogP contribution is 2.21. The van der Waals surface area contributed by atoms with E-state index in [9.17, 15) is 9.18 Å². The quantitative estimate of drug-likeness (QED) is 0.855. The Kier molecular flexibility index (Phi) is 4.07. The lowest BCUT2D eigenvalue weighted by Crippen LogP contribution is -2.22.